The molecular weight excluding hydrogens is 244 g/mol. The normalized spacial score (nSPS) is 10.5. The van der Waals surface area contributed by atoms with E-state index in [-0.39, 0.29) is 5.82 Å². The number of primary amides is 1. The Morgan fingerprint density at radius 3 is 2.41 bits per heavy atom. The van der Waals surface area contributed by atoms with Crippen LogP contribution in [0, 0.1) is 0 Å². The quantitative estimate of drug-likeness (QED) is 0.836. The molecule has 2 aromatic rings. The van der Waals surface area contributed by atoms with Gasteiger partial charge in [0.05, 0.1) is 5.69 Å². The van der Waals surface area contributed by atoms with Gasteiger partial charge in [-0.1, -0.05) is 11.6 Å². The molecule has 2 N–H and O–H groups in total. The van der Waals surface area contributed by atoms with Crippen LogP contribution in [0.3, 0.4) is 0 Å². The van der Waals surface area contributed by atoms with Gasteiger partial charge in [0.2, 0.25) is 5.82 Å². The summed E-state index contributed by atoms with van der Waals surface area (Å²) in [5.41, 5.74) is 5.18. The number of rotatable bonds is 2. The zero-order valence-corrected chi connectivity index (χ0v) is 9.68. The van der Waals surface area contributed by atoms with Gasteiger partial charge >= 0.3 is 5.69 Å². The van der Waals surface area contributed by atoms with E-state index in [0.29, 0.717) is 10.7 Å². The van der Waals surface area contributed by atoms with Crippen molar-refractivity contribution in [2.75, 3.05) is 0 Å². The molecule has 0 aliphatic heterocycles. The number of nitrogens with zero attached hydrogens (tertiary/aromatic N) is 3. The molecule has 1 aromatic heterocycles. The molecule has 1 heterocycles. The Hall–Kier alpha value is -2.08. The number of carbonyl (C=O) groups excluding carboxylic acids is 1. The average molecular weight is 253 g/mol. The molecule has 0 unspecified atom stereocenters. The second-order valence-electron chi connectivity index (χ2n) is 3.42. The number of aromatic nitrogens is 3. The third-order valence-electron chi connectivity index (χ3n) is 2.27. The van der Waals surface area contributed by atoms with Gasteiger partial charge in [-0.25, -0.2) is 4.79 Å². The van der Waals surface area contributed by atoms with Crippen molar-refractivity contribution in [1.82, 2.24) is 14.3 Å². The van der Waals surface area contributed by atoms with Crippen LogP contribution in [0.2, 0.25) is 5.02 Å². The minimum Gasteiger partial charge on any atom is -0.363 e. The number of hydrogen-bond acceptors (Lipinski definition) is 3. The van der Waals surface area contributed by atoms with E-state index >= 15 is 0 Å². The van der Waals surface area contributed by atoms with Crippen molar-refractivity contribution in [1.29, 1.82) is 0 Å². The lowest BCUT2D eigenvalue weighted by molar-refractivity contribution is 0.0986. The average Bonchev–Trinajstić information content (AvgIpc) is 2.58. The Morgan fingerprint density at radius 1 is 1.35 bits per heavy atom. The lowest BCUT2D eigenvalue weighted by Gasteiger charge is -1.98. The summed E-state index contributed by atoms with van der Waals surface area (Å²) in [5, 5.41) is 4.41. The highest BCUT2D eigenvalue weighted by molar-refractivity contribution is 6.30. The Kier molecular flexibility index (Phi) is 2.72. The van der Waals surface area contributed by atoms with E-state index in [1.165, 1.54) is 7.05 Å². The molecule has 0 fully saturated rings. The summed E-state index contributed by atoms with van der Waals surface area (Å²) in [6.07, 6.45) is 0. The molecule has 0 aliphatic carbocycles. The van der Waals surface area contributed by atoms with Crippen molar-refractivity contribution in [2.45, 2.75) is 0 Å². The van der Waals surface area contributed by atoms with Gasteiger partial charge in [0, 0.05) is 12.1 Å². The van der Waals surface area contributed by atoms with Gasteiger partial charge in [0.25, 0.3) is 5.91 Å². The zero-order valence-electron chi connectivity index (χ0n) is 8.92. The van der Waals surface area contributed by atoms with E-state index in [2.05, 4.69) is 5.10 Å². The summed E-state index contributed by atoms with van der Waals surface area (Å²) < 4.78 is 2.19. The SMILES string of the molecule is Cn1c(C(N)=O)nn(-c2ccc(Cl)cc2)c1=O. The number of carbonyl (C=O) groups is 1. The van der Waals surface area contributed by atoms with Crippen LogP contribution in [0.15, 0.2) is 29.1 Å². The van der Waals surface area contributed by atoms with Gasteiger partial charge in [-0.3, -0.25) is 9.36 Å². The Balaban J connectivity index is 2.61. The maximum atomic E-state index is 11.8. The van der Waals surface area contributed by atoms with Crippen molar-refractivity contribution in [3.63, 3.8) is 0 Å². The van der Waals surface area contributed by atoms with Crippen LogP contribution >= 0.6 is 11.6 Å². The Bertz CT molecular complexity index is 627. The first kappa shape index (κ1) is 11.4. The first-order chi connectivity index (χ1) is 8.00. The molecule has 1 aromatic carbocycles. The molecule has 0 spiro atoms. The summed E-state index contributed by atoms with van der Waals surface area (Å²) in [5.74, 6) is -0.845. The fourth-order valence-corrected chi connectivity index (χ4v) is 1.53. The smallest absolute Gasteiger partial charge is 0.350 e. The van der Waals surface area contributed by atoms with Crippen LogP contribution in [0.1, 0.15) is 10.6 Å². The third-order valence-corrected chi connectivity index (χ3v) is 2.52. The molecule has 2 rings (SSSR count). The van der Waals surface area contributed by atoms with Crippen LogP contribution in [0.4, 0.5) is 0 Å². The highest BCUT2D eigenvalue weighted by atomic mass is 35.5. The van der Waals surface area contributed by atoms with Crippen LogP contribution < -0.4 is 11.4 Å². The summed E-state index contributed by atoms with van der Waals surface area (Å²) in [6, 6.07) is 6.51. The first-order valence-electron chi connectivity index (χ1n) is 4.72. The minimum atomic E-state index is -0.752. The van der Waals surface area contributed by atoms with E-state index < -0.39 is 11.6 Å². The van der Waals surface area contributed by atoms with Gasteiger partial charge < -0.3 is 5.73 Å². The molecule has 6 nitrogen and oxygen atoms in total. The molecule has 7 heteroatoms. The van der Waals surface area contributed by atoms with E-state index in [9.17, 15) is 9.59 Å². The van der Waals surface area contributed by atoms with Crippen LogP contribution in [0.25, 0.3) is 5.69 Å². The lowest BCUT2D eigenvalue weighted by Crippen LogP contribution is -2.24. The highest BCUT2D eigenvalue weighted by Gasteiger charge is 2.15. The molecule has 0 bridgehead atoms. The molecular formula is C10H9ClN4O2. The summed E-state index contributed by atoms with van der Waals surface area (Å²) in [6.45, 7) is 0. The molecule has 0 aliphatic rings. The van der Waals surface area contributed by atoms with Gasteiger partial charge in [-0.05, 0) is 24.3 Å². The van der Waals surface area contributed by atoms with Crippen molar-refractivity contribution in [3.8, 4) is 5.69 Å². The summed E-state index contributed by atoms with van der Waals surface area (Å²) >= 11 is 5.74. The van der Waals surface area contributed by atoms with Crippen molar-refractivity contribution in [2.24, 2.45) is 12.8 Å². The van der Waals surface area contributed by atoms with Crippen LogP contribution in [0.5, 0.6) is 0 Å². The number of nitrogens with two attached hydrogens (primary N) is 1. The molecule has 0 saturated carbocycles. The van der Waals surface area contributed by atoms with E-state index in [1.807, 2.05) is 0 Å². The molecule has 17 heavy (non-hydrogen) atoms. The fourth-order valence-electron chi connectivity index (χ4n) is 1.40. The summed E-state index contributed by atoms with van der Waals surface area (Å²) in [7, 11) is 1.43. The Morgan fingerprint density at radius 2 is 1.94 bits per heavy atom. The Labute approximate surface area is 101 Å². The number of amides is 1. The van der Waals surface area contributed by atoms with Gasteiger partial charge in [0.15, 0.2) is 0 Å². The van der Waals surface area contributed by atoms with Gasteiger partial charge in [0.1, 0.15) is 0 Å². The summed E-state index contributed by atoms with van der Waals surface area (Å²) in [4.78, 5) is 22.8. The lowest BCUT2D eigenvalue weighted by atomic mass is 10.3. The predicted molar refractivity (Wildman–Crippen MR) is 62.3 cm³/mol. The van der Waals surface area contributed by atoms with E-state index in [0.717, 1.165) is 9.25 Å². The highest BCUT2D eigenvalue weighted by Crippen LogP contribution is 2.11. The second kappa shape index (κ2) is 4.06. The first-order valence-corrected chi connectivity index (χ1v) is 5.10. The fraction of sp³-hybridized carbons (Fsp3) is 0.100. The number of hydrogen-bond donors (Lipinski definition) is 1. The van der Waals surface area contributed by atoms with Crippen LogP contribution in [-0.2, 0) is 7.05 Å². The van der Waals surface area contributed by atoms with E-state index in [4.69, 9.17) is 17.3 Å². The number of halogens is 1. The molecule has 0 radical (unpaired) electrons. The van der Waals surface area contributed by atoms with Gasteiger partial charge in [-0.2, -0.15) is 4.68 Å². The maximum absolute atomic E-state index is 11.8. The predicted octanol–water partition coefficient (Wildman–Crippen LogP) is 0.323. The molecule has 88 valence electrons. The largest absolute Gasteiger partial charge is 0.363 e. The molecule has 0 saturated heterocycles. The van der Waals surface area contributed by atoms with E-state index in [1.54, 1.807) is 24.3 Å². The molecule has 0 atom stereocenters. The zero-order chi connectivity index (χ0) is 12.6. The van der Waals surface area contributed by atoms with Crippen molar-refractivity contribution < 1.29 is 4.79 Å². The maximum Gasteiger partial charge on any atom is 0.350 e. The monoisotopic (exact) mass is 252 g/mol. The topological polar surface area (TPSA) is 82.9 Å². The van der Waals surface area contributed by atoms with Gasteiger partial charge in [-0.15, -0.1) is 5.10 Å². The van der Waals surface area contributed by atoms with Crippen molar-refractivity contribution >= 4 is 17.5 Å². The third kappa shape index (κ3) is 1.94. The minimum absolute atomic E-state index is 0.0926. The molecule has 1 amide bonds. The van der Waals surface area contributed by atoms with Crippen LogP contribution in [-0.4, -0.2) is 20.3 Å². The standard InChI is InChI=1S/C10H9ClN4O2/c1-14-9(8(12)16)13-15(10(14)17)7-4-2-6(11)3-5-7/h2-5H,1H3,(H2,12,16). The second-order valence-corrected chi connectivity index (χ2v) is 3.85. The number of benzene rings is 1. The van der Waals surface area contributed by atoms with Crippen molar-refractivity contribution in [3.05, 3.63) is 45.6 Å².